The number of hydrogen-bond donors (Lipinski definition) is 2. The fourth-order valence-electron chi connectivity index (χ4n) is 3.31. The second-order valence-corrected chi connectivity index (χ2v) is 9.66. The highest BCUT2D eigenvalue weighted by atomic mass is 32.2. The molecule has 26 heavy (non-hydrogen) atoms. The summed E-state index contributed by atoms with van der Waals surface area (Å²) in [6.07, 6.45) is 4.69. The highest BCUT2D eigenvalue weighted by Gasteiger charge is 2.24. The van der Waals surface area contributed by atoms with Crippen LogP contribution < -0.4 is 11.6 Å². The third-order valence-corrected chi connectivity index (χ3v) is 6.68. The van der Waals surface area contributed by atoms with Gasteiger partial charge in [0.05, 0.1) is 11.1 Å². The van der Waals surface area contributed by atoms with E-state index in [0.717, 1.165) is 28.9 Å². The van der Waals surface area contributed by atoms with Gasteiger partial charge in [0.2, 0.25) is 5.16 Å². The Kier molecular flexibility index (Phi) is 4.31. The minimum atomic E-state index is -0.156. The second kappa shape index (κ2) is 6.38. The van der Waals surface area contributed by atoms with Gasteiger partial charge in [0.1, 0.15) is 16.5 Å². The molecule has 4 rings (SSSR count). The molecule has 138 valence electrons. The lowest BCUT2D eigenvalue weighted by Crippen LogP contribution is -2.24. The molecular formula is C17H23N7S2. The Morgan fingerprint density at radius 2 is 1.92 bits per heavy atom. The highest BCUT2D eigenvalue weighted by Crippen LogP contribution is 2.38. The lowest BCUT2D eigenvalue weighted by Gasteiger charge is -2.16. The van der Waals surface area contributed by atoms with E-state index in [1.165, 1.54) is 35.0 Å². The Balaban J connectivity index is 1.60. The van der Waals surface area contributed by atoms with E-state index in [2.05, 4.69) is 36.0 Å². The molecule has 3 aromatic rings. The maximum Gasteiger partial charge on any atom is 0.210 e. The maximum atomic E-state index is 6.27. The number of hydrogen-bond acceptors (Lipinski definition) is 8. The van der Waals surface area contributed by atoms with Crippen LogP contribution in [-0.4, -0.2) is 24.8 Å². The van der Waals surface area contributed by atoms with Crippen LogP contribution in [0, 0.1) is 0 Å². The topological polar surface area (TPSA) is 109 Å². The number of anilines is 1. The quantitative estimate of drug-likeness (QED) is 0.523. The van der Waals surface area contributed by atoms with E-state index in [0.29, 0.717) is 22.6 Å². The van der Waals surface area contributed by atoms with Crippen molar-refractivity contribution < 1.29 is 0 Å². The van der Waals surface area contributed by atoms with Gasteiger partial charge in [0.15, 0.2) is 5.82 Å². The van der Waals surface area contributed by atoms with Gasteiger partial charge in [0, 0.05) is 10.3 Å². The minimum Gasteiger partial charge on any atom is -0.383 e. The number of aryl methyl sites for hydroxylation is 2. The van der Waals surface area contributed by atoms with Crippen LogP contribution in [0.5, 0.6) is 0 Å². The van der Waals surface area contributed by atoms with Crippen molar-refractivity contribution in [1.82, 2.24) is 24.8 Å². The average Bonchev–Trinajstić information content (AvgIpc) is 3.13. The summed E-state index contributed by atoms with van der Waals surface area (Å²) in [5.41, 5.74) is 7.48. The summed E-state index contributed by atoms with van der Waals surface area (Å²) in [5, 5.41) is 10.1. The molecule has 1 aliphatic rings. The van der Waals surface area contributed by atoms with Crippen LogP contribution in [0.1, 0.15) is 55.7 Å². The van der Waals surface area contributed by atoms with E-state index in [1.54, 1.807) is 16.0 Å². The van der Waals surface area contributed by atoms with Crippen LogP contribution in [0.15, 0.2) is 5.16 Å². The molecule has 3 aromatic heterocycles. The van der Waals surface area contributed by atoms with Crippen molar-refractivity contribution in [2.45, 2.75) is 62.8 Å². The van der Waals surface area contributed by atoms with E-state index >= 15 is 0 Å². The molecule has 0 aliphatic heterocycles. The number of thioether (sulfide) groups is 1. The highest BCUT2D eigenvalue weighted by molar-refractivity contribution is 7.98. The molecule has 0 spiro atoms. The van der Waals surface area contributed by atoms with Gasteiger partial charge in [-0.25, -0.2) is 14.6 Å². The van der Waals surface area contributed by atoms with Crippen LogP contribution in [0.4, 0.5) is 5.82 Å². The van der Waals surface area contributed by atoms with Gasteiger partial charge in [-0.1, -0.05) is 32.5 Å². The normalized spacial score (nSPS) is 14.7. The maximum absolute atomic E-state index is 6.27. The monoisotopic (exact) mass is 389 g/mol. The Morgan fingerprint density at radius 3 is 2.65 bits per heavy atom. The number of thiophene rings is 1. The van der Waals surface area contributed by atoms with Crippen molar-refractivity contribution in [2.75, 3.05) is 11.6 Å². The number of rotatable bonds is 3. The predicted molar refractivity (Wildman–Crippen MR) is 107 cm³/mol. The summed E-state index contributed by atoms with van der Waals surface area (Å²) in [6, 6.07) is 0. The molecule has 0 aromatic carbocycles. The fraction of sp³-hybridized carbons (Fsp3) is 0.529. The van der Waals surface area contributed by atoms with Crippen molar-refractivity contribution in [3.63, 3.8) is 0 Å². The molecule has 0 atom stereocenters. The first kappa shape index (κ1) is 17.5. The van der Waals surface area contributed by atoms with Crippen molar-refractivity contribution in [3.8, 4) is 0 Å². The van der Waals surface area contributed by atoms with E-state index in [9.17, 15) is 0 Å². The van der Waals surface area contributed by atoms with Crippen LogP contribution in [0.2, 0.25) is 0 Å². The first-order chi connectivity index (χ1) is 12.3. The Hall–Kier alpha value is -1.87. The molecule has 7 nitrogen and oxygen atoms in total. The van der Waals surface area contributed by atoms with E-state index < -0.39 is 0 Å². The predicted octanol–water partition coefficient (Wildman–Crippen LogP) is 3.05. The molecule has 4 N–H and O–H groups in total. The molecule has 0 unspecified atom stereocenters. The molecule has 3 heterocycles. The number of nitrogen functional groups attached to an aromatic ring is 2. The van der Waals surface area contributed by atoms with Gasteiger partial charge in [-0.05, 0) is 31.2 Å². The smallest absolute Gasteiger partial charge is 0.210 e. The molecule has 0 bridgehead atoms. The second-order valence-electron chi connectivity index (χ2n) is 7.63. The van der Waals surface area contributed by atoms with Gasteiger partial charge in [-0.2, -0.15) is 0 Å². The zero-order chi connectivity index (χ0) is 18.5. The van der Waals surface area contributed by atoms with Gasteiger partial charge in [0.25, 0.3) is 0 Å². The Morgan fingerprint density at radius 1 is 1.15 bits per heavy atom. The largest absolute Gasteiger partial charge is 0.383 e. The van der Waals surface area contributed by atoms with Gasteiger partial charge in [-0.15, -0.1) is 21.5 Å². The summed E-state index contributed by atoms with van der Waals surface area (Å²) in [7, 11) is 0. The molecule has 0 saturated carbocycles. The number of aromatic nitrogens is 5. The first-order valence-corrected chi connectivity index (χ1v) is 10.5. The van der Waals surface area contributed by atoms with Crippen molar-refractivity contribution in [2.24, 2.45) is 0 Å². The molecule has 0 amide bonds. The Bertz CT molecular complexity index is 968. The molecule has 1 aliphatic carbocycles. The summed E-state index contributed by atoms with van der Waals surface area (Å²) < 4.78 is 1.55. The zero-order valence-corrected chi connectivity index (χ0v) is 16.9. The summed E-state index contributed by atoms with van der Waals surface area (Å²) in [5.74, 6) is 8.76. The van der Waals surface area contributed by atoms with Crippen LogP contribution in [-0.2, 0) is 24.0 Å². The summed E-state index contributed by atoms with van der Waals surface area (Å²) in [4.78, 5) is 11.7. The van der Waals surface area contributed by atoms with Crippen molar-refractivity contribution in [1.29, 1.82) is 0 Å². The third kappa shape index (κ3) is 3.03. The first-order valence-electron chi connectivity index (χ1n) is 8.75. The number of nitrogens with two attached hydrogens (primary N) is 2. The molecule has 0 saturated heterocycles. The van der Waals surface area contributed by atoms with Crippen LogP contribution in [0.3, 0.4) is 0 Å². The van der Waals surface area contributed by atoms with Gasteiger partial charge >= 0.3 is 0 Å². The number of nitrogens with zero attached hydrogens (tertiary/aromatic N) is 5. The van der Waals surface area contributed by atoms with E-state index in [1.807, 2.05) is 0 Å². The van der Waals surface area contributed by atoms with Crippen molar-refractivity contribution >= 4 is 39.1 Å². The lowest BCUT2D eigenvalue weighted by molar-refractivity contribution is 0.523. The fourth-order valence-corrected chi connectivity index (χ4v) is 5.31. The SMILES string of the molecule is CC(C)(C)c1nnc(SCc2nc(N)c3c4c(sc3n2)CCCC4)n1N. The lowest BCUT2D eigenvalue weighted by atomic mass is 9.96. The number of fused-ring (bicyclic) bond motifs is 3. The summed E-state index contributed by atoms with van der Waals surface area (Å²) in [6.45, 7) is 6.18. The van der Waals surface area contributed by atoms with Gasteiger partial charge in [-0.3, -0.25) is 0 Å². The standard InChI is InChI=1S/C17H23N7S2/c1-17(2,3)15-22-23-16(24(15)19)25-8-11-20-13(18)12-9-6-4-5-7-10(9)26-14(12)21-11/h4-8,19H2,1-3H3,(H2,18,20,21). The molecule has 0 radical (unpaired) electrons. The van der Waals surface area contributed by atoms with Crippen LogP contribution >= 0.6 is 23.1 Å². The average molecular weight is 390 g/mol. The third-order valence-electron chi connectivity index (χ3n) is 4.55. The van der Waals surface area contributed by atoms with Crippen LogP contribution in [0.25, 0.3) is 10.2 Å². The summed E-state index contributed by atoms with van der Waals surface area (Å²) >= 11 is 3.24. The molecule has 9 heteroatoms. The Labute approximate surface area is 160 Å². The molecule has 0 fully saturated rings. The zero-order valence-electron chi connectivity index (χ0n) is 15.2. The molecular weight excluding hydrogens is 366 g/mol. The van der Waals surface area contributed by atoms with Gasteiger partial charge < -0.3 is 11.6 Å². The van der Waals surface area contributed by atoms with Crippen molar-refractivity contribution in [3.05, 3.63) is 22.1 Å². The van der Waals surface area contributed by atoms with E-state index in [-0.39, 0.29) is 5.41 Å². The van der Waals surface area contributed by atoms with E-state index in [4.69, 9.17) is 16.6 Å². The minimum absolute atomic E-state index is 0.156.